The Labute approximate surface area is 121 Å². The Morgan fingerprint density at radius 1 is 1.33 bits per heavy atom. The second-order valence-electron chi connectivity index (χ2n) is 4.42. The maximum Gasteiger partial charge on any atom is 0.258 e. The number of nitrogens with zero attached hydrogens (tertiary/aromatic N) is 3. The Balaban J connectivity index is 2.39. The highest BCUT2D eigenvalue weighted by Crippen LogP contribution is 2.32. The third kappa shape index (κ3) is 3.07. The van der Waals surface area contributed by atoms with Crippen molar-refractivity contribution in [2.45, 2.75) is 0 Å². The maximum atomic E-state index is 13.6. The van der Waals surface area contributed by atoms with Crippen LogP contribution in [0, 0.1) is 5.82 Å². The van der Waals surface area contributed by atoms with Gasteiger partial charge in [-0.2, -0.15) is 0 Å². The van der Waals surface area contributed by atoms with E-state index in [1.165, 1.54) is 19.4 Å². The van der Waals surface area contributed by atoms with Crippen LogP contribution in [0.1, 0.15) is 10.4 Å². The normalized spacial score (nSPS) is 10.1. The van der Waals surface area contributed by atoms with Crippen molar-refractivity contribution in [3.63, 3.8) is 0 Å². The molecule has 0 saturated carbocycles. The van der Waals surface area contributed by atoms with Crippen molar-refractivity contribution in [1.82, 2.24) is 9.97 Å². The van der Waals surface area contributed by atoms with Crippen molar-refractivity contribution in [3.05, 3.63) is 42.1 Å². The highest BCUT2D eigenvalue weighted by atomic mass is 19.1. The summed E-state index contributed by atoms with van der Waals surface area (Å²) >= 11 is 0. The highest BCUT2D eigenvalue weighted by Gasteiger charge is 2.18. The molecule has 0 aliphatic carbocycles. The summed E-state index contributed by atoms with van der Waals surface area (Å²) < 4.78 is 18.7. The number of amides is 1. The fourth-order valence-electron chi connectivity index (χ4n) is 1.82. The zero-order valence-electron chi connectivity index (χ0n) is 11.9. The Morgan fingerprint density at radius 3 is 2.71 bits per heavy atom. The standard InChI is InChI=1S/C14H15FN4O2/c1-19(2)11-5-7-17-14(21-3)12(11)18-13(20)9-4-6-16-8-10(9)15/h4-8H,1-3H3,(H,18,20). The molecule has 1 amide bonds. The number of rotatable bonds is 4. The predicted octanol–water partition coefficient (Wildman–Crippen LogP) is 1.94. The van der Waals surface area contributed by atoms with Crippen LogP contribution >= 0.6 is 0 Å². The Morgan fingerprint density at radius 2 is 2.10 bits per heavy atom. The van der Waals surface area contributed by atoms with E-state index in [0.717, 1.165) is 6.20 Å². The van der Waals surface area contributed by atoms with E-state index in [-0.39, 0.29) is 11.4 Å². The molecule has 0 aliphatic heterocycles. The van der Waals surface area contributed by atoms with Gasteiger partial charge >= 0.3 is 0 Å². The SMILES string of the molecule is COc1nccc(N(C)C)c1NC(=O)c1ccncc1F. The van der Waals surface area contributed by atoms with Crippen molar-refractivity contribution in [2.75, 3.05) is 31.4 Å². The first kappa shape index (κ1) is 14.7. The van der Waals surface area contributed by atoms with E-state index in [1.54, 1.807) is 17.2 Å². The van der Waals surface area contributed by atoms with Gasteiger partial charge in [0.15, 0.2) is 5.82 Å². The summed E-state index contributed by atoms with van der Waals surface area (Å²) in [6, 6.07) is 3.03. The van der Waals surface area contributed by atoms with Gasteiger partial charge < -0.3 is 15.0 Å². The second kappa shape index (κ2) is 6.17. The van der Waals surface area contributed by atoms with Crippen LogP contribution in [-0.2, 0) is 0 Å². The lowest BCUT2D eigenvalue weighted by atomic mass is 10.2. The number of carbonyl (C=O) groups is 1. The largest absolute Gasteiger partial charge is 0.479 e. The Kier molecular flexibility index (Phi) is 4.32. The first-order valence-electron chi connectivity index (χ1n) is 6.15. The summed E-state index contributed by atoms with van der Waals surface area (Å²) in [5.74, 6) is -1.03. The molecular weight excluding hydrogens is 275 g/mol. The van der Waals surface area contributed by atoms with E-state index in [1.807, 2.05) is 14.1 Å². The number of aromatic nitrogens is 2. The van der Waals surface area contributed by atoms with Crippen LogP contribution in [0.3, 0.4) is 0 Å². The molecule has 0 saturated heterocycles. The van der Waals surface area contributed by atoms with Gasteiger partial charge in [0.2, 0.25) is 5.88 Å². The van der Waals surface area contributed by atoms with Gasteiger partial charge in [0, 0.05) is 26.5 Å². The molecule has 0 unspecified atom stereocenters. The minimum atomic E-state index is -0.690. The summed E-state index contributed by atoms with van der Waals surface area (Å²) in [6.45, 7) is 0. The van der Waals surface area contributed by atoms with Crippen LogP contribution in [0.5, 0.6) is 5.88 Å². The van der Waals surface area contributed by atoms with Crippen molar-refractivity contribution in [3.8, 4) is 5.88 Å². The van der Waals surface area contributed by atoms with Crippen LogP contribution in [0.2, 0.25) is 0 Å². The van der Waals surface area contributed by atoms with Gasteiger partial charge in [0.25, 0.3) is 5.91 Å². The number of carbonyl (C=O) groups excluding carboxylic acids is 1. The molecule has 0 radical (unpaired) electrons. The molecule has 2 aromatic heterocycles. The van der Waals surface area contributed by atoms with E-state index in [2.05, 4.69) is 15.3 Å². The first-order valence-corrected chi connectivity index (χ1v) is 6.15. The number of ether oxygens (including phenoxy) is 1. The predicted molar refractivity (Wildman–Crippen MR) is 77.3 cm³/mol. The number of hydrogen-bond donors (Lipinski definition) is 1. The van der Waals surface area contributed by atoms with Crippen LogP contribution in [0.15, 0.2) is 30.7 Å². The Bertz CT molecular complexity index is 661. The van der Waals surface area contributed by atoms with Gasteiger partial charge in [-0.25, -0.2) is 9.37 Å². The van der Waals surface area contributed by atoms with Gasteiger partial charge in [0.05, 0.1) is 24.6 Å². The second-order valence-corrected chi connectivity index (χ2v) is 4.42. The van der Waals surface area contributed by atoms with Crippen LogP contribution < -0.4 is 15.0 Å². The molecule has 110 valence electrons. The van der Waals surface area contributed by atoms with Gasteiger partial charge in [0.1, 0.15) is 5.69 Å². The third-order valence-electron chi connectivity index (χ3n) is 2.82. The quantitative estimate of drug-likeness (QED) is 0.932. The summed E-state index contributed by atoms with van der Waals surface area (Å²) in [7, 11) is 5.08. The molecule has 0 spiro atoms. The highest BCUT2D eigenvalue weighted by molar-refractivity contribution is 6.06. The van der Waals surface area contributed by atoms with Gasteiger partial charge in [-0.15, -0.1) is 0 Å². The van der Waals surface area contributed by atoms with Gasteiger partial charge in [-0.05, 0) is 12.1 Å². The molecular formula is C14H15FN4O2. The number of nitrogens with one attached hydrogen (secondary N) is 1. The van der Waals surface area contributed by atoms with Gasteiger partial charge in [-0.1, -0.05) is 0 Å². The number of anilines is 2. The summed E-state index contributed by atoms with van der Waals surface area (Å²) in [5.41, 5.74) is 0.983. The molecule has 2 aromatic rings. The molecule has 7 heteroatoms. The van der Waals surface area contributed by atoms with Crippen LogP contribution in [0.4, 0.5) is 15.8 Å². The molecule has 6 nitrogen and oxygen atoms in total. The van der Waals surface area contributed by atoms with Crippen molar-refractivity contribution in [2.24, 2.45) is 0 Å². The number of halogens is 1. The lowest BCUT2D eigenvalue weighted by Crippen LogP contribution is -2.19. The average molecular weight is 290 g/mol. The zero-order chi connectivity index (χ0) is 15.4. The topological polar surface area (TPSA) is 67.3 Å². The lowest BCUT2D eigenvalue weighted by molar-refractivity contribution is 0.102. The van der Waals surface area contributed by atoms with Gasteiger partial charge in [-0.3, -0.25) is 9.78 Å². The molecule has 2 rings (SSSR count). The van der Waals surface area contributed by atoms with E-state index >= 15 is 0 Å². The third-order valence-corrected chi connectivity index (χ3v) is 2.82. The number of methoxy groups -OCH3 is 1. The van der Waals surface area contributed by atoms with Crippen LogP contribution in [-0.4, -0.2) is 37.1 Å². The first-order chi connectivity index (χ1) is 10.0. The summed E-state index contributed by atoms with van der Waals surface area (Å²) in [4.78, 5) is 21.6. The maximum absolute atomic E-state index is 13.6. The molecule has 21 heavy (non-hydrogen) atoms. The van der Waals surface area contributed by atoms with Crippen molar-refractivity contribution < 1.29 is 13.9 Å². The van der Waals surface area contributed by atoms with E-state index in [0.29, 0.717) is 11.4 Å². The molecule has 0 bridgehead atoms. The number of pyridine rings is 2. The van der Waals surface area contributed by atoms with Crippen LogP contribution in [0.25, 0.3) is 0 Å². The van der Waals surface area contributed by atoms with Crippen molar-refractivity contribution in [1.29, 1.82) is 0 Å². The van der Waals surface area contributed by atoms with E-state index < -0.39 is 11.7 Å². The fraction of sp³-hybridized carbons (Fsp3) is 0.214. The Hall–Kier alpha value is -2.70. The number of hydrogen-bond acceptors (Lipinski definition) is 5. The zero-order valence-corrected chi connectivity index (χ0v) is 11.9. The minimum absolute atomic E-state index is 0.0967. The molecule has 0 aliphatic rings. The summed E-state index contributed by atoms with van der Waals surface area (Å²) in [6.07, 6.45) is 3.91. The minimum Gasteiger partial charge on any atom is -0.479 e. The van der Waals surface area contributed by atoms with E-state index in [9.17, 15) is 9.18 Å². The summed E-state index contributed by atoms with van der Waals surface area (Å²) in [5, 5.41) is 2.63. The fourth-order valence-corrected chi connectivity index (χ4v) is 1.82. The monoisotopic (exact) mass is 290 g/mol. The van der Waals surface area contributed by atoms with Crippen molar-refractivity contribution >= 4 is 17.3 Å². The van der Waals surface area contributed by atoms with E-state index in [4.69, 9.17) is 4.74 Å². The average Bonchev–Trinajstić information content (AvgIpc) is 2.47. The lowest BCUT2D eigenvalue weighted by Gasteiger charge is -2.19. The smallest absolute Gasteiger partial charge is 0.258 e. The molecule has 2 heterocycles. The molecule has 0 fully saturated rings. The molecule has 0 atom stereocenters. The molecule has 0 aromatic carbocycles. The molecule has 1 N–H and O–H groups in total.